The van der Waals surface area contributed by atoms with E-state index in [1.165, 1.54) is 11.8 Å². The first kappa shape index (κ1) is 18.7. The van der Waals surface area contributed by atoms with Gasteiger partial charge in [-0.15, -0.1) is 5.10 Å². The summed E-state index contributed by atoms with van der Waals surface area (Å²) in [7, 11) is 1.37. The molecule has 1 atom stereocenters. The molecule has 1 N–H and O–H groups in total. The maximum Gasteiger partial charge on any atom is 0.344 e. The molecule has 0 radical (unpaired) electrons. The first-order chi connectivity index (χ1) is 12.9. The van der Waals surface area contributed by atoms with E-state index in [0.29, 0.717) is 0 Å². The van der Waals surface area contributed by atoms with Crippen molar-refractivity contribution in [3.63, 3.8) is 0 Å². The van der Waals surface area contributed by atoms with Crippen LogP contribution in [0.5, 0.6) is 0 Å². The highest BCUT2D eigenvalue weighted by molar-refractivity contribution is 5.78. The molecule has 7 heteroatoms. The van der Waals surface area contributed by atoms with Crippen molar-refractivity contribution in [3.8, 4) is 0 Å². The average Bonchev–Trinajstić information content (AvgIpc) is 3.18. The summed E-state index contributed by atoms with van der Waals surface area (Å²) in [6, 6.07) is 19.0. The number of ether oxygens (including phenoxy) is 1. The van der Waals surface area contributed by atoms with Crippen molar-refractivity contribution < 1.29 is 14.6 Å². The van der Waals surface area contributed by atoms with E-state index < -0.39 is 17.1 Å². The second kappa shape index (κ2) is 7.28. The number of aliphatic carboxylic acids is 1. The van der Waals surface area contributed by atoms with Crippen molar-refractivity contribution in [2.45, 2.75) is 31.4 Å². The Morgan fingerprint density at radius 1 is 1.07 bits per heavy atom. The highest BCUT2D eigenvalue weighted by Crippen LogP contribution is 2.33. The fourth-order valence-corrected chi connectivity index (χ4v) is 3.17. The quantitative estimate of drug-likeness (QED) is 0.691. The number of tetrazole rings is 1. The van der Waals surface area contributed by atoms with Gasteiger partial charge in [-0.1, -0.05) is 60.7 Å². The van der Waals surface area contributed by atoms with Crippen LogP contribution >= 0.6 is 0 Å². The van der Waals surface area contributed by atoms with Gasteiger partial charge in [-0.3, -0.25) is 0 Å². The van der Waals surface area contributed by atoms with E-state index in [1.807, 2.05) is 74.5 Å². The summed E-state index contributed by atoms with van der Waals surface area (Å²) in [5.74, 6) is -0.996. The second-order valence-electron chi connectivity index (χ2n) is 6.84. The normalized spacial score (nSPS) is 13.9. The number of carboxylic acids is 1. The van der Waals surface area contributed by atoms with Gasteiger partial charge in [-0.25, -0.2) is 9.48 Å². The molecular formula is C20H22N4O3. The summed E-state index contributed by atoms with van der Waals surface area (Å²) >= 11 is 0. The molecule has 3 aromatic rings. The molecule has 0 fully saturated rings. The van der Waals surface area contributed by atoms with Crippen molar-refractivity contribution in [2.75, 3.05) is 7.11 Å². The number of methoxy groups -OCH3 is 1. The predicted octanol–water partition coefficient (Wildman–Crippen LogP) is 2.63. The number of hydrogen-bond donors (Lipinski definition) is 1. The van der Waals surface area contributed by atoms with Gasteiger partial charge in [-0.2, -0.15) is 0 Å². The van der Waals surface area contributed by atoms with E-state index in [9.17, 15) is 9.90 Å². The summed E-state index contributed by atoms with van der Waals surface area (Å²) in [5, 5.41) is 22.0. The van der Waals surface area contributed by atoms with Gasteiger partial charge in [0.2, 0.25) is 5.60 Å². The molecule has 0 amide bonds. The molecule has 1 heterocycles. The van der Waals surface area contributed by atoms with Crippen molar-refractivity contribution in [1.29, 1.82) is 0 Å². The Labute approximate surface area is 157 Å². The topological polar surface area (TPSA) is 90.1 Å². The minimum Gasteiger partial charge on any atom is -0.479 e. The maximum absolute atomic E-state index is 12.3. The highest BCUT2D eigenvalue weighted by atomic mass is 16.5. The molecule has 0 aliphatic carbocycles. The fourth-order valence-electron chi connectivity index (χ4n) is 3.17. The molecular weight excluding hydrogens is 344 g/mol. The van der Waals surface area contributed by atoms with Gasteiger partial charge in [0.25, 0.3) is 0 Å². The van der Waals surface area contributed by atoms with Crippen molar-refractivity contribution in [3.05, 3.63) is 77.6 Å². The molecule has 1 aromatic heterocycles. The summed E-state index contributed by atoms with van der Waals surface area (Å²) in [6.07, 6.45) is 0.102. The molecule has 0 bridgehead atoms. The third-order valence-corrected chi connectivity index (χ3v) is 4.83. The number of carboxylic acid groups (broad SMARTS) is 1. The van der Waals surface area contributed by atoms with Crippen LogP contribution < -0.4 is 0 Å². The molecule has 2 aromatic carbocycles. The third-order valence-electron chi connectivity index (χ3n) is 4.83. The Morgan fingerprint density at radius 2 is 1.67 bits per heavy atom. The monoisotopic (exact) mass is 366 g/mol. The second-order valence-corrected chi connectivity index (χ2v) is 6.84. The van der Waals surface area contributed by atoms with Crippen LogP contribution in [0.15, 0.2) is 60.7 Å². The minimum absolute atomic E-state index is 0.102. The molecule has 3 rings (SSSR count). The van der Waals surface area contributed by atoms with Crippen LogP contribution in [0.2, 0.25) is 0 Å². The number of carbonyl (C=O) groups is 1. The Morgan fingerprint density at radius 3 is 2.22 bits per heavy atom. The van der Waals surface area contributed by atoms with E-state index >= 15 is 0 Å². The van der Waals surface area contributed by atoms with Crippen LogP contribution in [0, 0.1) is 0 Å². The van der Waals surface area contributed by atoms with Gasteiger partial charge < -0.3 is 9.84 Å². The lowest BCUT2D eigenvalue weighted by Gasteiger charge is -2.32. The van der Waals surface area contributed by atoms with Gasteiger partial charge in [-0.05, 0) is 35.4 Å². The largest absolute Gasteiger partial charge is 0.479 e. The van der Waals surface area contributed by atoms with Crippen LogP contribution in [0.3, 0.4) is 0 Å². The lowest BCUT2D eigenvalue weighted by atomic mass is 9.90. The summed E-state index contributed by atoms with van der Waals surface area (Å²) in [5.41, 5.74) is -0.616. The molecule has 0 aliphatic heterocycles. The fraction of sp³-hybridized carbons (Fsp3) is 0.300. The maximum atomic E-state index is 12.3. The van der Waals surface area contributed by atoms with Gasteiger partial charge >= 0.3 is 5.97 Å². The zero-order valence-corrected chi connectivity index (χ0v) is 15.5. The predicted molar refractivity (Wildman–Crippen MR) is 99.2 cm³/mol. The molecule has 0 aliphatic rings. The van der Waals surface area contributed by atoms with E-state index in [0.717, 1.165) is 11.1 Å². The Balaban J connectivity index is 2.13. The van der Waals surface area contributed by atoms with Crippen LogP contribution in [0.25, 0.3) is 0 Å². The van der Waals surface area contributed by atoms with Crippen LogP contribution in [0.4, 0.5) is 0 Å². The molecule has 1 unspecified atom stereocenters. The van der Waals surface area contributed by atoms with Gasteiger partial charge in [0.1, 0.15) is 0 Å². The smallest absolute Gasteiger partial charge is 0.344 e. The van der Waals surface area contributed by atoms with E-state index in [4.69, 9.17) is 4.74 Å². The number of nitrogens with zero attached hydrogens (tertiary/aromatic N) is 4. The van der Waals surface area contributed by atoms with Gasteiger partial charge in [0.15, 0.2) is 5.82 Å². The summed E-state index contributed by atoms with van der Waals surface area (Å²) in [4.78, 5) is 12.3. The molecule has 0 spiro atoms. The van der Waals surface area contributed by atoms with E-state index in [2.05, 4.69) is 15.5 Å². The van der Waals surface area contributed by atoms with Crippen molar-refractivity contribution in [1.82, 2.24) is 20.2 Å². The summed E-state index contributed by atoms with van der Waals surface area (Å²) < 4.78 is 7.09. The Bertz CT molecular complexity index is 909. The highest BCUT2D eigenvalue weighted by Gasteiger charge is 2.48. The zero-order chi connectivity index (χ0) is 19.5. The molecule has 0 saturated heterocycles. The van der Waals surface area contributed by atoms with Crippen molar-refractivity contribution >= 4 is 5.97 Å². The molecule has 0 saturated carbocycles. The lowest BCUT2D eigenvalue weighted by Crippen LogP contribution is -2.45. The van der Waals surface area contributed by atoms with E-state index in [-0.39, 0.29) is 12.2 Å². The number of rotatable bonds is 7. The van der Waals surface area contributed by atoms with Crippen LogP contribution in [-0.4, -0.2) is 38.4 Å². The van der Waals surface area contributed by atoms with Gasteiger partial charge in [0.05, 0.1) is 5.54 Å². The standard InChI is InChI=1S/C20H22N4O3/c1-19(2,16-12-8-5-9-13-16)24-17(21-22-23-24)20(27-3,18(25)26)14-15-10-6-4-7-11-15/h4-13H,14H2,1-3H3,(H,25,26). The molecule has 27 heavy (non-hydrogen) atoms. The lowest BCUT2D eigenvalue weighted by molar-refractivity contribution is -0.165. The zero-order valence-electron chi connectivity index (χ0n) is 15.5. The minimum atomic E-state index is -1.71. The Kier molecular flexibility index (Phi) is 5.05. The van der Waals surface area contributed by atoms with Crippen LogP contribution in [0.1, 0.15) is 30.8 Å². The third kappa shape index (κ3) is 3.33. The van der Waals surface area contributed by atoms with Gasteiger partial charge in [0, 0.05) is 13.5 Å². The first-order valence-corrected chi connectivity index (χ1v) is 8.59. The molecule has 140 valence electrons. The number of benzene rings is 2. The Hall–Kier alpha value is -3.06. The average molecular weight is 366 g/mol. The van der Waals surface area contributed by atoms with Crippen molar-refractivity contribution in [2.24, 2.45) is 0 Å². The van der Waals surface area contributed by atoms with Crippen LogP contribution in [-0.2, 0) is 27.1 Å². The summed E-state index contributed by atoms with van der Waals surface area (Å²) in [6.45, 7) is 3.87. The molecule has 7 nitrogen and oxygen atoms in total. The number of hydrogen-bond acceptors (Lipinski definition) is 5. The SMILES string of the molecule is COC(Cc1ccccc1)(C(=O)O)c1nnnn1C(C)(C)c1ccccc1. The van der Waals surface area contributed by atoms with E-state index in [1.54, 1.807) is 0 Å². The first-order valence-electron chi connectivity index (χ1n) is 8.59. The number of aromatic nitrogens is 4.